The Morgan fingerprint density at radius 3 is 2.41 bits per heavy atom. The number of nitrogens with zero attached hydrogens (tertiary/aromatic N) is 1. The van der Waals surface area contributed by atoms with E-state index in [1.807, 2.05) is 0 Å². The molecule has 0 radical (unpaired) electrons. The first-order valence-electron chi connectivity index (χ1n) is 7.59. The number of para-hydroxylation sites is 1. The molecular formula is C17H14F3N3O4. The van der Waals surface area contributed by atoms with Gasteiger partial charge in [-0.05, 0) is 31.2 Å². The van der Waals surface area contributed by atoms with Crippen LogP contribution in [0.5, 0.6) is 0 Å². The standard InChI is InChI=1S/C17H14F3N3O4/c1-10-4-2-7-13(14(10)23(26)27)16(25)22-12-6-3-5-11(8-12)15(24)21-9-17(18,19)20/h2-8H,9H2,1H3,(H,21,24)(H,22,25). The topological polar surface area (TPSA) is 101 Å². The van der Waals surface area contributed by atoms with Gasteiger partial charge in [0.2, 0.25) is 0 Å². The van der Waals surface area contributed by atoms with Crippen LogP contribution in [-0.2, 0) is 0 Å². The number of hydrogen-bond acceptors (Lipinski definition) is 4. The highest BCUT2D eigenvalue weighted by Gasteiger charge is 2.28. The second-order valence-electron chi connectivity index (χ2n) is 5.56. The maximum atomic E-state index is 12.4. The molecule has 2 rings (SSSR count). The summed E-state index contributed by atoms with van der Waals surface area (Å²) < 4.78 is 36.5. The number of aryl methyl sites for hydroxylation is 1. The minimum atomic E-state index is -4.55. The number of halogens is 3. The van der Waals surface area contributed by atoms with Gasteiger partial charge in [-0.1, -0.05) is 18.2 Å². The Bertz CT molecular complexity index is 897. The summed E-state index contributed by atoms with van der Waals surface area (Å²) in [4.78, 5) is 34.6. The third-order valence-electron chi connectivity index (χ3n) is 3.50. The zero-order chi connectivity index (χ0) is 20.2. The lowest BCUT2D eigenvalue weighted by molar-refractivity contribution is -0.385. The van der Waals surface area contributed by atoms with E-state index in [-0.39, 0.29) is 22.5 Å². The van der Waals surface area contributed by atoms with Crippen molar-refractivity contribution < 1.29 is 27.7 Å². The molecule has 0 heterocycles. The molecular weight excluding hydrogens is 367 g/mol. The molecule has 0 fully saturated rings. The van der Waals surface area contributed by atoms with Crippen LogP contribution in [-0.4, -0.2) is 29.5 Å². The number of nitrogens with one attached hydrogen (secondary N) is 2. The molecule has 2 aromatic rings. The first-order valence-corrected chi connectivity index (χ1v) is 7.59. The molecule has 142 valence electrons. The van der Waals surface area contributed by atoms with E-state index in [9.17, 15) is 32.9 Å². The van der Waals surface area contributed by atoms with Gasteiger partial charge in [0.05, 0.1) is 4.92 Å². The highest BCUT2D eigenvalue weighted by atomic mass is 19.4. The second kappa shape index (κ2) is 7.85. The minimum absolute atomic E-state index is 0.101. The summed E-state index contributed by atoms with van der Waals surface area (Å²) in [6, 6.07) is 9.46. The van der Waals surface area contributed by atoms with Gasteiger partial charge in [0.25, 0.3) is 17.5 Å². The number of rotatable bonds is 5. The Hall–Kier alpha value is -3.43. The molecule has 0 aliphatic heterocycles. The molecule has 0 saturated heterocycles. The quantitative estimate of drug-likeness (QED) is 0.612. The molecule has 0 spiro atoms. The van der Waals surface area contributed by atoms with Gasteiger partial charge in [-0.3, -0.25) is 19.7 Å². The maximum Gasteiger partial charge on any atom is 0.405 e. The van der Waals surface area contributed by atoms with Gasteiger partial charge in [-0.25, -0.2) is 0 Å². The summed E-state index contributed by atoms with van der Waals surface area (Å²) in [6.45, 7) is -0.00156. The molecule has 0 atom stereocenters. The number of carbonyl (C=O) groups excluding carboxylic acids is 2. The molecule has 10 heteroatoms. The van der Waals surface area contributed by atoms with Crippen LogP contribution in [0, 0.1) is 17.0 Å². The van der Waals surface area contributed by atoms with Crippen molar-refractivity contribution in [3.8, 4) is 0 Å². The summed E-state index contributed by atoms with van der Waals surface area (Å²) in [5.41, 5.74) is -0.222. The Balaban J connectivity index is 2.20. The Labute approximate surface area is 151 Å². The lowest BCUT2D eigenvalue weighted by Gasteiger charge is -2.10. The van der Waals surface area contributed by atoms with Crippen molar-refractivity contribution in [3.63, 3.8) is 0 Å². The number of amides is 2. The van der Waals surface area contributed by atoms with Gasteiger partial charge >= 0.3 is 6.18 Å². The summed E-state index contributed by atoms with van der Waals surface area (Å²) in [7, 11) is 0. The second-order valence-corrected chi connectivity index (χ2v) is 5.56. The van der Waals surface area contributed by atoms with Crippen molar-refractivity contribution in [1.82, 2.24) is 5.32 Å². The number of benzene rings is 2. The summed E-state index contributed by atoms with van der Waals surface area (Å²) in [6.07, 6.45) is -4.55. The fourth-order valence-electron chi connectivity index (χ4n) is 2.30. The van der Waals surface area contributed by atoms with E-state index in [0.717, 1.165) is 0 Å². The van der Waals surface area contributed by atoms with Crippen LogP contribution < -0.4 is 10.6 Å². The van der Waals surface area contributed by atoms with Gasteiger partial charge in [0.1, 0.15) is 12.1 Å². The predicted molar refractivity (Wildman–Crippen MR) is 90.6 cm³/mol. The van der Waals surface area contributed by atoms with Crippen LogP contribution in [0.15, 0.2) is 42.5 Å². The first-order chi connectivity index (χ1) is 12.6. The van der Waals surface area contributed by atoms with Gasteiger partial charge in [-0.15, -0.1) is 0 Å². The fourth-order valence-corrected chi connectivity index (χ4v) is 2.30. The maximum absolute atomic E-state index is 12.4. The highest BCUT2D eigenvalue weighted by Crippen LogP contribution is 2.24. The monoisotopic (exact) mass is 381 g/mol. The van der Waals surface area contributed by atoms with Gasteiger partial charge in [0, 0.05) is 16.8 Å². The van der Waals surface area contributed by atoms with Crippen LogP contribution in [0.3, 0.4) is 0 Å². The molecule has 2 aromatic carbocycles. The van der Waals surface area contributed by atoms with E-state index in [2.05, 4.69) is 5.32 Å². The first kappa shape index (κ1) is 19.9. The normalized spacial score (nSPS) is 11.0. The SMILES string of the molecule is Cc1cccc(C(=O)Nc2cccc(C(=O)NCC(F)(F)F)c2)c1[N+](=O)[O-]. The van der Waals surface area contributed by atoms with E-state index in [0.29, 0.717) is 5.56 Å². The van der Waals surface area contributed by atoms with Crippen molar-refractivity contribution in [3.05, 3.63) is 69.3 Å². The zero-order valence-electron chi connectivity index (χ0n) is 14.0. The van der Waals surface area contributed by atoms with Crippen molar-refractivity contribution in [2.45, 2.75) is 13.1 Å². The molecule has 0 aliphatic carbocycles. The van der Waals surface area contributed by atoms with Crippen molar-refractivity contribution >= 4 is 23.2 Å². The average Bonchev–Trinajstić information content (AvgIpc) is 2.58. The van der Waals surface area contributed by atoms with E-state index >= 15 is 0 Å². The van der Waals surface area contributed by atoms with Crippen molar-refractivity contribution in [2.24, 2.45) is 0 Å². The van der Waals surface area contributed by atoms with Crippen molar-refractivity contribution in [2.75, 3.05) is 11.9 Å². The third-order valence-corrected chi connectivity index (χ3v) is 3.50. The zero-order valence-corrected chi connectivity index (χ0v) is 14.0. The van der Waals surface area contributed by atoms with Crippen LogP contribution in [0.4, 0.5) is 24.5 Å². The number of nitro benzene ring substituents is 1. The average molecular weight is 381 g/mol. The smallest absolute Gasteiger partial charge is 0.343 e. The number of hydrogen-bond donors (Lipinski definition) is 2. The Kier molecular flexibility index (Phi) is 5.78. The summed E-state index contributed by atoms with van der Waals surface area (Å²) >= 11 is 0. The van der Waals surface area contributed by atoms with Crippen LogP contribution >= 0.6 is 0 Å². The van der Waals surface area contributed by atoms with E-state index < -0.39 is 29.5 Å². The molecule has 2 amide bonds. The van der Waals surface area contributed by atoms with E-state index in [1.54, 1.807) is 5.32 Å². The summed E-state index contributed by atoms with van der Waals surface area (Å²) in [5.74, 6) is -1.75. The number of carbonyl (C=O) groups is 2. The fraction of sp³-hybridized carbons (Fsp3) is 0.176. The van der Waals surface area contributed by atoms with Crippen molar-refractivity contribution in [1.29, 1.82) is 0 Å². The highest BCUT2D eigenvalue weighted by molar-refractivity contribution is 6.08. The number of anilines is 1. The molecule has 0 unspecified atom stereocenters. The van der Waals surface area contributed by atoms with Gasteiger partial charge < -0.3 is 10.6 Å². The number of alkyl halides is 3. The Morgan fingerprint density at radius 1 is 1.11 bits per heavy atom. The minimum Gasteiger partial charge on any atom is -0.343 e. The van der Waals surface area contributed by atoms with Gasteiger partial charge in [-0.2, -0.15) is 13.2 Å². The Morgan fingerprint density at radius 2 is 1.78 bits per heavy atom. The predicted octanol–water partition coefficient (Wildman–Crippen LogP) is 3.45. The van der Waals surface area contributed by atoms with Crippen LogP contribution in [0.2, 0.25) is 0 Å². The molecule has 27 heavy (non-hydrogen) atoms. The number of nitro groups is 1. The molecule has 0 aliphatic rings. The van der Waals surface area contributed by atoms with E-state index in [4.69, 9.17) is 0 Å². The van der Waals surface area contributed by atoms with Crippen LogP contribution in [0.1, 0.15) is 26.3 Å². The molecule has 0 aromatic heterocycles. The molecule has 0 saturated carbocycles. The lowest BCUT2D eigenvalue weighted by Crippen LogP contribution is -2.33. The lowest BCUT2D eigenvalue weighted by atomic mass is 10.1. The third kappa shape index (κ3) is 5.27. The van der Waals surface area contributed by atoms with Gasteiger partial charge in [0.15, 0.2) is 0 Å². The molecule has 2 N–H and O–H groups in total. The van der Waals surface area contributed by atoms with E-state index in [1.165, 1.54) is 49.4 Å². The summed E-state index contributed by atoms with van der Waals surface area (Å²) in [5, 5.41) is 15.3. The largest absolute Gasteiger partial charge is 0.405 e. The molecule has 7 nitrogen and oxygen atoms in total. The molecule has 0 bridgehead atoms. The van der Waals surface area contributed by atoms with Crippen LogP contribution in [0.25, 0.3) is 0 Å².